The highest BCUT2D eigenvalue weighted by Crippen LogP contribution is 2.31. The number of aliphatic carboxylic acids is 1. The van der Waals surface area contributed by atoms with Gasteiger partial charge in [0.15, 0.2) is 0 Å². The van der Waals surface area contributed by atoms with E-state index in [4.69, 9.17) is 5.11 Å². The molecule has 1 saturated carbocycles. The molecule has 1 fully saturated rings. The molecule has 0 bridgehead atoms. The van der Waals surface area contributed by atoms with Gasteiger partial charge in [0, 0.05) is 12.3 Å². The maximum atomic E-state index is 12.0. The lowest BCUT2D eigenvalue weighted by atomic mass is 9.77. The van der Waals surface area contributed by atoms with E-state index in [0.717, 1.165) is 25.7 Å². The molecule has 0 aliphatic heterocycles. The van der Waals surface area contributed by atoms with Gasteiger partial charge in [-0.2, -0.15) is 0 Å². The molecule has 18 heavy (non-hydrogen) atoms. The number of unbranched alkanes of at least 4 members (excludes halogenated alkanes) is 3. The standard InChI is InChI=1S/C14H24O4/c1-2-3-4-5-6-12(15)10-7-8-13(16)11(9-10)14(17)18/h10-11,13,16H,2-9H2,1H3,(H,17,18). The second-order valence-corrected chi connectivity index (χ2v) is 5.30. The van der Waals surface area contributed by atoms with Crippen molar-refractivity contribution in [3.05, 3.63) is 0 Å². The molecule has 0 aromatic carbocycles. The summed E-state index contributed by atoms with van der Waals surface area (Å²) < 4.78 is 0. The van der Waals surface area contributed by atoms with Crippen LogP contribution in [0.15, 0.2) is 0 Å². The molecule has 0 radical (unpaired) electrons. The number of ketones is 1. The van der Waals surface area contributed by atoms with E-state index in [9.17, 15) is 14.7 Å². The van der Waals surface area contributed by atoms with E-state index in [2.05, 4.69) is 6.92 Å². The normalized spacial score (nSPS) is 28.0. The maximum Gasteiger partial charge on any atom is 0.309 e. The molecule has 2 N–H and O–H groups in total. The zero-order valence-electron chi connectivity index (χ0n) is 11.1. The number of carbonyl (C=O) groups excluding carboxylic acids is 1. The fraction of sp³-hybridized carbons (Fsp3) is 0.857. The molecule has 0 aromatic heterocycles. The topological polar surface area (TPSA) is 74.6 Å². The molecule has 3 unspecified atom stereocenters. The van der Waals surface area contributed by atoms with E-state index < -0.39 is 18.0 Å². The minimum absolute atomic E-state index is 0.156. The highest BCUT2D eigenvalue weighted by molar-refractivity contribution is 5.82. The first-order valence-corrected chi connectivity index (χ1v) is 6.99. The second-order valence-electron chi connectivity index (χ2n) is 5.30. The molecule has 1 aliphatic carbocycles. The van der Waals surface area contributed by atoms with Crippen molar-refractivity contribution in [2.45, 2.75) is 64.4 Å². The quantitative estimate of drug-likeness (QED) is 0.686. The van der Waals surface area contributed by atoms with E-state index in [1.54, 1.807) is 0 Å². The molecule has 104 valence electrons. The van der Waals surface area contributed by atoms with E-state index in [1.807, 2.05) is 0 Å². The molecule has 0 aromatic rings. The number of aliphatic hydroxyl groups is 1. The number of carboxylic acid groups (broad SMARTS) is 1. The summed E-state index contributed by atoms with van der Waals surface area (Å²) in [6.45, 7) is 2.13. The van der Waals surface area contributed by atoms with Crippen LogP contribution in [0, 0.1) is 11.8 Å². The van der Waals surface area contributed by atoms with Crippen molar-refractivity contribution in [1.82, 2.24) is 0 Å². The second kappa shape index (κ2) is 7.52. The van der Waals surface area contributed by atoms with E-state index in [1.165, 1.54) is 0 Å². The lowest BCUT2D eigenvalue weighted by Crippen LogP contribution is -2.37. The Labute approximate surface area is 108 Å². The van der Waals surface area contributed by atoms with Crippen LogP contribution in [-0.2, 0) is 9.59 Å². The Bertz CT molecular complexity index is 288. The lowest BCUT2D eigenvalue weighted by molar-refractivity contribution is -0.149. The van der Waals surface area contributed by atoms with Crippen LogP contribution < -0.4 is 0 Å². The third-order valence-electron chi connectivity index (χ3n) is 3.86. The number of aliphatic hydroxyl groups excluding tert-OH is 1. The van der Waals surface area contributed by atoms with Gasteiger partial charge in [-0.3, -0.25) is 9.59 Å². The van der Waals surface area contributed by atoms with Crippen molar-refractivity contribution in [2.75, 3.05) is 0 Å². The van der Waals surface area contributed by atoms with Crippen molar-refractivity contribution in [3.63, 3.8) is 0 Å². The van der Waals surface area contributed by atoms with Crippen LogP contribution in [-0.4, -0.2) is 28.1 Å². The van der Waals surface area contributed by atoms with Gasteiger partial charge in [0.2, 0.25) is 0 Å². The van der Waals surface area contributed by atoms with Gasteiger partial charge in [0.05, 0.1) is 12.0 Å². The van der Waals surface area contributed by atoms with Gasteiger partial charge >= 0.3 is 5.97 Å². The first kappa shape index (κ1) is 15.2. The van der Waals surface area contributed by atoms with Crippen LogP contribution in [0.5, 0.6) is 0 Å². The van der Waals surface area contributed by atoms with Crippen molar-refractivity contribution >= 4 is 11.8 Å². The number of carboxylic acids is 1. The summed E-state index contributed by atoms with van der Waals surface area (Å²) in [4.78, 5) is 22.9. The van der Waals surface area contributed by atoms with Gasteiger partial charge in [-0.15, -0.1) is 0 Å². The third kappa shape index (κ3) is 4.41. The Morgan fingerprint density at radius 2 is 1.89 bits per heavy atom. The highest BCUT2D eigenvalue weighted by Gasteiger charge is 2.36. The van der Waals surface area contributed by atoms with Crippen molar-refractivity contribution in [1.29, 1.82) is 0 Å². The van der Waals surface area contributed by atoms with Crippen molar-refractivity contribution in [3.8, 4) is 0 Å². The molecule has 0 heterocycles. The fourth-order valence-electron chi connectivity index (χ4n) is 2.64. The molecule has 4 heteroatoms. The summed E-state index contributed by atoms with van der Waals surface area (Å²) in [6, 6.07) is 0. The first-order valence-electron chi connectivity index (χ1n) is 6.99. The van der Waals surface area contributed by atoms with Gasteiger partial charge < -0.3 is 10.2 Å². The lowest BCUT2D eigenvalue weighted by Gasteiger charge is -2.29. The smallest absolute Gasteiger partial charge is 0.309 e. The first-order chi connectivity index (χ1) is 8.56. The molecular weight excluding hydrogens is 232 g/mol. The van der Waals surface area contributed by atoms with E-state index in [0.29, 0.717) is 25.7 Å². The molecule has 4 nitrogen and oxygen atoms in total. The Morgan fingerprint density at radius 1 is 1.17 bits per heavy atom. The van der Waals surface area contributed by atoms with Gasteiger partial charge in [-0.05, 0) is 25.7 Å². The Morgan fingerprint density at radius 3 is 2.50 bits per heavy atom. The predicted octanol–water partition coefficient (Wildman–Crippen LogP) is 2.39. The van der Waals surface area contributed by atoms with Gasteiger partial charge in [-0.1, -0.05) is 26.2 Å². The minimum atomic E-state index is -0.981. The van der Waals surface area contributed by atoms with Crippen LogP contribution in [0.3, 0.4) is 0 Å². The molecular formula is C14H24O4. The van der Waals surface area contributed by atoms with Gasteiger partial charge in [0.25, 0.3) is 0 Å². The number of rotatable bonds is 7. The molecule has 0 spiro atoms. The summed E-state index contributed by atoms with van der Waals surface area (Å²) in [5.74, 6) is -1.71. The minimum Gasteiger partial charge on any atom is -0.481 e. The SMILES string of the molecule is CCCCCCC(=O)C1CCC(O)C(C(=O)O)C1. The molecule has 1 aliphatic rings. The molecule has 1 rings (SSSR count). The summed E-state index contributed by atoms with van der Waals surface area (Å²) >= 11 is 0. The molecule has 0 saturated heterocycles. The summed E-state index contributed by atoms with van der Waals surface area (Å²) in [7, 11) is 0. The number of carbonyl (C=O) groups is 2. The average molecular weight is 256 g/mol. The zero-order chi connectivity index (χ0) is 13.5. The van der Waals surface area contributed by atoms with Crippen LogP contribution >= 0.6 is 0 Å². The average Bonchev–Trinajstić information content (AvgIpc) is 2.34. The Kier molecular flexibility index (Phi) is 6.33. The monoisotopic (exact) mass is 256 g/mol. The van der Waals surface area contributed by atoms with Crippen molar-refractivity contribution in [2.24, 2.45) is 11.8 Å². The highest BCUT2D eigenvalue weighted by atomic mass is 16.4. The number of Topliss-reactive ketones (excluding diaryl/α,β-unsaturated/α-hetero) is 1. The number of hydrogen-bond acceptors (Lipinski definition) is 3. The summed E-state index contributed by atoms with van der Waals surface area (Å²) in [6.07, 6.45) is 5.42. The summed E-state index contributed by atoms with van der Waals surface area (Å²) in [5, 5.41) is 18.6. The van der Waals surface area contributed by atoms with Crippen molar-refractivity contribution < 1.29 is 19.8 Å². The third-order valence-corrected chi connectivity index (χ3v) is 3.86. The Balaban J connectivity index is 2.37. The molecule has 3 atom stereocenters. The summed E-state index contributed by atoms with van der Waals surface area (Å²) in [5.41, 5.74) is 0. The van der Waals surface area contributed by atoms with E-state index in [-0.39, 0.29) is 11.7 Å². The molecule has 0 amide bonds. The Hall–Kier alpha value is -0.900. The van der Waals surface area contributed by atoms with Crippen LogP contribution in [0.1, 0.15) is 58.3 Å². The van der Waals surface area contributed by atoms with Gasteiger partial charge in [-0.25, -0.2) is 0 Å². The van der Waals surface area contributed by atoms with Crippen LogP contribution in [0.25, 0.3) is 0 Å². The number of hydrogen-bond donors (Lipinski definition) is 2. The van der Waals surface area contributed by atoms with Gasteiger partial charge in [0.1, 0.15) is 5.78 Å². The predicted molar refractivity (Wildman–Crippen MR) is 68.2 cm³/mol. The van der Waals surface area contributed by atoms with E-state index >= 15 is 0 Å². The fourth-order valence-corrected chi connectivity index (χ4v) is 2.64. The van der Waals surface area contributed by atoms with Crippen LogP contribution in [0.4, 0.5) is 0 Å². The maximum absolute atomic E-state index is 12.0. The largest absolute Gasteiger partial charge is 0.481 e. The van der Waals surface area contributed by atoms with Crippen LogP contribution in [0.2, 0.25) is 0 Å². The zero-order valence-corrected chi connectivity index (χ0v) is 11.1.